The Morgan fingerprint density at radius 3 is 2.47 bits per heavy atom. The Balaban J connectivity index is 1.53. The van der Waals surface area contributed by atoms with E-state index in [0.717, 1.165) is 53.5 Å². The number of amides is 2. The van der Waals surface area contributed by atoms with Crippen LogP contribution >= 0.6 is 0 Å². The van der Waals surface area contributed by atoms with Crippen molar-refractivity contribution >= 4 is 17.9 Å². The molecule has 2 aliphatic heterocycles. The maximum Gasteiger partial charge on any atom is 0.233 e. The van der Waals surface area contributed by atoms with E-state index < -0.39 is 0 Å². The van der Waals surface area contributed by atoms with Crippen LogP contribution in [0.5, 0.6) is 5.75 Å². The SMILES string of the molecule is CCCN1C(=O)[C@@H]2[C@@H](CC(CO)=C3[C@@H](CC/C(=C/c4cc(C)c(O)c(C)c4)CC)OC[C@@H]32)C1=O. The van der Waals surface area contributed by atoms with Gasteiger partial charge < -0.3 is 14.9 Å². The van der Waals surface area contributed by atoms with Crippen LogP contribution in [0.2, 0.25) is 0 Å². The lowest BCUT2D eigenvalue weighted by Gasteiger charge is -2.31. The van der Waals surface area contributed by atoms with E-state index in [1.807, 2.05) is 32.9 Å². The number of phenolic OH excluding ortho intramolecular Hbond substituents is 1. The van der Waals surface area contributed by atoms with Crippen molar-refractivity contribution < 1.29 is 24.5 Å². The molecule has 6 nitrogen and oxygen atoms in total. The highest BCUT2D eigenvalue weighted by molar-refractivity contribution is 6.05. The van der Waals surface area contributed by atoms with E-state index in [-0.39, 0.29) is 42.3 Å². The molecule has 1 aliphatic carbocycles. The Kier molecular flexibility index (Phi) is 7.29. The fourth-order valence-corrected chi connectivity index (χ4v) is 6.10. The summed E-state index contributed by atoms with van der Waals surface area (Å²) in [4.78, 5) is 27.5. The molecule has 4 atom stereocenters. The molecule has 0 aromatic heterocycles. The van der Waals surface area contributed by atoms with E-state index >= 15 is 0 Å². The quantitative estimate of drug-likeness (QED) is 0.440. The summed E-state index contributed by atoms with van der Waals surface area (Å²) in [6.07, 6.45) is 5.80. The van der Waals surface area contributed by atoms with E-state index in [0.29, 0.717) is 25.3 Å². The normalized spacial score (nSPS) is 27.0. The molecular weight excluding hydrogens is 430 g/mol. The van der Waals surface area contributed by atoms with Crippen LogP contribution in [0, 0.1) is 31.6 Å². The van der Waals surface area contributed by atoms with Gasteiger partial charge >= 0.3 is 0 Å². The van der Waals surface area contributed by atoms with Gasteiger partial charge in [-0.3, -0.25) is 14.5 Å². The molecule has 2 amide bonds. The molecule has 2 N–H and O–H groups in total. The van der Waals surface area contributed by atoms with Crippen molar-refractivity contribution in [2.45, 2.75) is 65.9 Å². The number of aliphatic hydroxyl groups excluding tert-OH is 1. The number of phenols is 1. The first-order chi connectivity index (χ1) is 16.3. The number of hydrogen-bond acceptors (Lipinski definition) is 5. The average molecular weight is 468 g/mol. The Bertz CT molecular complexity index is 1020. The summed E-state index contributed by atoms with van der Waals surface area (Å²) < 4.78 is 6.21. The van der Waals surface area contributed by atoms with Gasteiger partial charge in [-0.1, -0.05) is 25.5 Å². The standard InChI is InChI=1S/C28H37NO5/c1-5-9-29-27(32)21-13-20(14-30)24-22(25(21)28(29)33)15-34-23(24)8-7-18(6-2)12-19-10-16(3)26(31)17(4)11-19/h10-12,21-23,25,30-31H,5-9,13-15H2,1-4H3/b18-12+/t21-,22+,23-,25-/m1/s1. The number of allylic oxidation sites excluding steroid dienone is 1. The van der Waals surface area contributed by atoms with Crippen molar-refractivity contribution in [3.8, 4) is 5.75 Å². The molecule has 2 fully saturated rings. The van der Waals surface area contributed by atoms with Crippen LogP contribution in [0.15, 0.2) is 28.9 Å². The van der Waals surface area contributed by atoms with Gasteiger partial charge in [-0.05, 0) is 85.9 Å². The summed E-state index contributed by atoms with van der Waals surface area (Å²) in [5.41, 5.74) is 6.06. The molecule has 2 heterocycles. The Morgan fingerprint density at radius 1 is 1.15 bits per heavy atom. The molecule has 6 heteroatoms. The molecule has 2 saturated heterocycles. The van der Waals surface area contributed by atoms with Crippen LogP contribution in [0.3, 0.4) is 0 Å². The van der Waals surface area contributed by atoms with Crippen molar-refractivity contribution in [2.24, 2.45) is 17.8 Å². The number of imide groups is 1. The maximum absolute atomic E-state index is 13.1. The Labute approximate surface area is 202 Å². The maximum atomic E-state index is 13.1. The van der Waals surface area contributed by atoms with Crippen LogP contribution < -0.4 is 0 Å². The number of rotatable bonds is 8. The minimum Gasteiger partial charge on any atom is -0.507 e. The molecule has 0 spiro atoms. The summed E-state index contributed by atoms with van der Waals surface area (Å²) in [5.74, 6) is -0.616. The van der Waals surface area contributed by atoms with Crippen LogP contribution in [0.4, 0.5) is 0 Å². The molecule has 0 saturated carbocycles. The van der Waals surface area contributed by atoms with Crippen molar-refractivity contribution in [1.29, 1.82) is 0 Å². The zero-order chi connectivity index (χ0) is 24.6. The van der Waals surface area contributed by atoms with Crippen molar-refractivity contribution in [2.75, 3.05) is 19.8 Å². The van der Waals surface area contributed by atoms with E-state index in [2.05, 4.69) is 13.0 Å². The van der Waals surface area contributed by atoms with Gasteiger partial charge in [0.15, 0.2) is 0 Å². The van der Waals surface area contributed by atoms with Gasteiger partial charge in [-0.15, -0.1) is 0 Å². The number of fused-ring (bicyclic) bond motifs is 3. The van der Waals surface area contributed by atoms with Gasteiger partial charge in [-0.25, -0.2) is 0 Å². The highest BCUT2D eigenvalue weighted by atomic mass is 16.5. The Morgan fingerprint density at radius 2 is 1.85 bits per heavy atom. The zero-order valence-electron chi connectivity index (χ0n) is 20.8. The highest BCUT2D eigenvalue weighted by Gasteiger charge is 2.56. The smallest absolute Gasteiger partial charge is 0.233 e. The van der Waals surface area contributed by atoms with Gasteiger partial charge in [0.25, 0.3) is 0 Å². The van der Waals surface area contributed by atoms with Crippen molar-refractivity contribution in [3.63, 3.8) is 0 Å². The zero-order valence-corrected chi connectivity index (χ0v) is 20.8. The molecule has 1 aromatic rings. The average Bonchev–Trinajstić information content (AvgIpc) is 3.34. The number of aromatic hydroxyl groups is 1. The summed E-state index contributed by atoms with van der Waals surface area (Å²) >= 11 is 0. The number of aryl methyl sites for hydroxylation is 2. The van der Waals surface area contributed by atoms with E-state index in [4.69, 9.17) is 4.74 Å². The predicted octanol–water partition coefficient (Wildman–Crippen LogP) is 4.30. The topological polar surface area (TPSA) is 87.1 Å². The second-order valence-corrected chi connectivity index (χ2v) is 10.0. The fraction of sp³-hybridized carbons (Fsp3) is 0.571. The summed E-state index contributed by atoms with van der Waals surface area (Å²) in [7, 11) is 0. The molecule has 0 bridgehead atoms. The number of carbonyl (C=O) groups excluding carboxylic acids is 2. The number of nitrogens with zero attached hydrogens (tertiary/aromatic N) is 1. The number of aliphatic hydroxyl groups is 1. The van der Waals surface area contributed by atoms with E-state index in [9.17, 15) is 19.8 Å². The number of hydrogen-bond donors (Lipinski definition) is 2. The number of likely N-dealkylation sites (tertiary alicyclic amines) is 1. The van der Waals surface area contributed by atoms with Crippen LogP contribution in [0.1, 0.15) is 62.6 Å². The lowest BCUT2D eigenvalue weighted by molar-refractivity contribution is -0.140. The summed E-state index contributed by atoms with van der Waals surface area (Å²) in [5, 5.41) is 20.2. The van der Waals surface area contributed by atoms with Gasteiger partial charge in [0.1, 0.15) is 5.75 Å². The number of ether oxygens (including phenoxy) is 1. The second kappa shape index (κ2) is 10.0. The van der Waals surface area contributed by atoms with Crippen LogP contribution in [-0.4, -0.2) is 52.8 Å². The third kappa shape index (κ3) is 4.34. The molecular formula is C28H37NO5. The molecule has 0 radical (unpaired) electrons. The van der Waals surface area contributed by atoms with E-state index in [1.165, 1.54) is 10.5 Å². The first-order valence-corrected chi connectivity index (χ1v) is 12.6. The Hall–Kier alpha value is -2.44. The first-order valence-electron chi connectivity index (χ1n) is 12.6. The number of carbonyl (C=O) groups is 2. The van der Waals surface area contributed by atoms with Crippen LogP contribution in [0.25, 0.3) is 6.08 Å². The fourth-order valence-electron chi connectivity index (χ4n) is 6.10. The third-order valence-corrected chi connectivity index (χ3v) is 7.80. The lowest BCUT2D eigenvalue weighted by Crippen LogP contribution is -2.35. The van der Waals surface area contributed by atoms with Crippen molar-refractivity contribution in [3.05, 3.63) is 45.5 Å². The summed E-state index contributed by atoms with van der Waals surface area (Å²) in [6.45, 7) is 8.74. The molecule has 34 heavy (non-hydrogen) atoms. The van der Waals surface area contributed by atoms with Gasteiger partial charge in [-0.2, -0.15) is 0 Å². The molecule has 4 rings (SSSR count). The minimum atomic E-state index is -0.357. The van der Waals surface area contributed by atoms with Crippen molar-refractivity contribution in [1.82, 2.24) is 4.90 Å². The van der Waals surface area contributed by atoms with Crippen LogP contribution in [-0.2, 0) is 14.3 Å². The molecule has 184 valence electrons. The predicted molar refractivity (Wildman–Crippen MR) is 131 cm³/mol. The monoisotopic (exact) mass is 467 g/mol. The lowest BCUT2D eigenvalue weighted by atomic mass is 9.69. The largest absolute Gasteiger partial charge is 0.507 e. The number of benzene rings is 1. The highest BCUT2D eigenvalue weighted by Crippen LogP contribution is 2.49. The van der Waals surface area contributed by atoms with Gasteiger partial charge in [0.05, 0.1) is 31.2 Å². The molecule has 3 aliphatic rings. The summed E-state index contributed by atoms with van der Waals surface area (Å²) in [6, 6.07) is 4.00. The third-order valence-electron chi connectivity index (χ3n) is 7.80. The minimum absolute atomic E-state index is 0.0622. The molecule has 0 unspecified atom stereocenters. The molecule has 1 aromatic carbocycles. The first kappa shape index (κ1) is 24.7. The second-order valence-electron chi connectivity index (χ2n) is 10.0. The van der Waals surface area contributed by atoms with Gasteiger partial charge in [0.2, 0.25) is 11.8 Å². The van der Waals surface area contributed by atoms with E-state index in [1.54, 1.807) is 0 Å². The van der Waals surface area contributed by atoms with Gasteiger partial charge in [0, 0.05) is 12.5 Å².